The highest BCUT2D eigenvalue weighted by molar-refractivity contribution is 6.33. The van der Waals surface area contributed by atoms with E-state index in [-0.39, 0.29) is 17.3 Å². The molecule has 0 atom stereocenters. The summed E-state index contributed by atoms with van der Waals surface area (Å²) in [6, 6.07) is 15.7. The number of halogens is 2. The van der Waals surface area contributed by atoms with Crippen molar-refractivity contribution in [1.82, 2.24) is 9.97 Å². The van der Waals surface area contributed by atoms with Gasteiger partial charge in [-0.05, 0) is 12.1 Å². The van der Waals surface area contributed by atoms with Gasteiger partial charge in [-0.2, -0.15) is 4.98 Å². The van der Waals surface area contributed by atoms with E-state index in [1.165, 1.54) is 12.1 Å². The van der Waals surface area contributed by atoms with E-state index in [2.05, 4.69) is 20.6 Å². The number of aromatic nitrogens is 2. The lowest BCUT2D eigenvalue weighted by molar-refractivity contribution is 0.311. The van der Waals surface area contributed by atoms with Crippen LogP contribution >= 0.6 is 11.6 Å². The zero-order valence-corrected chi connectivity index (χ0v) is 14.0. The van der Waals surface area contributed by atoms with Crippen LogP contribution in [0.1, 0.15) is 0 Å². The van der Waals surface area contributed by atoms with Gasteiger partial charge in [-0.3, -0.25) is 0 Å². The molecule has 0 saturated heterocycles. The first-order valence-electron chi connectivity index (χ1n) is 7.67. The molecular formula is C18H16ClFN4O. The molecule has 7 heteroatoms. The highest BCUT2D eigenvalue weighted by Crippen LogP contribution is 2.29. The zero-order chi connectivity index (χ0) is 17.6. The summed E-state index contributed by atoms with van der Waals surface area (Å²) < 4.78 is 14.0. The second-order valence-electron chi connectivity index (χ2n) is 5.20. The number of hydrogen-bond donors (Lipinski definition) is 3. The molecule has 2 aromatic carbocycles. The van der Waals surface area contributed by atoms with Gasteiger partial charge in [0, 0.05) is 18.2 Å². The number of hydrogen-bond acceptors (Lipinski definition) is 5. The molecule has 25 heavy (non-hydrogen) atoms. The van der Waals surface area contributed by atoms with Crippen molar-refractivity contribution in [3.8, 4) is 11.3 Å². The zero-order valence-electron chi connectivity index (χ0n) is 13.2. The van der Waals surface area contributed by atoms with Gasteiger partial charge >= 0.3 is 0 Å². The molecule has 1 aromatic heterocycles. The van der Waals surface area contributed by atoms with E-state index < -0.39 is 5.82 Å². The Hall–Kier alpha value is -2.70. The van der Waals surface area contributed by atoms with Gasteiger partial charge in [0.25, 0.3) is 0 Å². The van der Waals surface area contributed by atoms with Crippen LogP contribution < -0.4 is 10.6 Å². The van der Waals surface area contributed by atoms with Gasteiger partial charge in [0.2, 0.25) is 5.95 Å². The lowest BCUT2D eigenvalue weighted by atomic mass is 10.1. The Balaban J connectivity index is 2.00. The summed E-state index contributed by atoms with van der Waals surface area (Å²) in [5, 5.41) is 15.1. The van der Waals surface area contributed by atoms with Crippen molar-refractivity contribution >= 4 is 29.1 Å². The largest absolute Gasteiger partial charge is 0.395 e. The van der Waals surface area contributed by atoms with Crippen molar-refractivity contribution < 1.29 is 9.50 Å². The molecule has 0 amide bonds. The molecule has 0 aliphatic heterocycles. The van der Waals surface area contributed by atoms with Crippen molar-refractivity contribution in [2.24, 2.45) is 0 Å². The summed E-state index contributed by atoms with van der Waals surface area (Å²) in [6.07, 6.45) is 0. The number of para-hydroxylation sites is 1. The van der Waals surface area contributed by atoms with Crippen LogP contribution in [-0.4, -0.2) is 28.2 Å². The van der Waals surface area contributed by atoms with Gasteiger partial charge in [-0.1, -0.05) is 48.0 Å². The van der Waals surface area contributed by atoms with Crippen molar-refractivity contribution in [2.45, 2.75) is 0 Å². The first-order valence-corrected chi connectivity index (χ1v) is 8.05. The quantitative estimate of drug-likeness (QED) is 0.619. The summed E-state index contributed by atoms with van der Waals surface area (Å²) in [4.78, 5) is 8.73. The third-order valence-electron chi connectivity index (χ3n) is 3.41. The van der Waals surface area contributed by atoms with Gasteiger partial charge < -0.3 is 15.7 Å². The Morgan fingerprint density at radius 2 is 1.84 bits per heavy atom. The Bertz CT molecular complexity index is 841. The highest BCUT2D eigenvalue weighted by Gasteiger charge is 2.11. The van der Waals surface area contributed by atoms with Crippen LogP contribution in [0.25, 0.3) is 11.3 Å². The summed E-state index contributed by atoms with van der Waals surface area (Å²) in [7, 11) is 0. The second kappa shape index (κ2) is 7.92. The number of aliphatic hydroxyl groups is 1. The van der Waals surface area contributed by atoms with Gasteiger partial charge in [-0.25, -0.2) is 9.37 Å². The smallest absolute Gasteiger partial charge is 0.225 e. The molecule has 128 valence electrons. The van der Waals surface area contributed by atoms with Crippen LogP contribution in [0.15, 0.2) is 54.6 Å². The minimum absolute atomic E-state index is 0.0547. The Kier molecular flexibility index (Phi) is 5.42. The topological polar surface area (TPSA) is 70.1 Å². The monoisotopic (exact) mass is 358 g/mol. The first-order chi connectivity index (χ1) is 12.2. The van der Waals surface area contributed by atoms with E-state index in [0.717, 1.165) is 5.56 Å². The molecule has 0 fully saturated rings. The molecule has 0 saturated carbocycles. The molecule has 3 N–H and O–H groups in total. The van der Waals surface area contributed by atoms with E-state index >= 15 is 0 Å². The van der Waals surface area contributed by atoms with Gasteiger partial charge in [0.05, 0.1) is 23.0 Å². The lowest BCUT2D eigenvalue weighted by Crippen LogP contribution is -2.10. The fourth-order valence-electron chi connectivity index (χ4n) is 2.26. The molecule has 0 unspecified atom stereocenters. The Morgan fingerprint density at radius 1 is 1.04 bits per heavy atom. The summed E-state index contributed by atoms with van der Waals surface area (Å²) in [6.45, 7) is 0.249. The lowest BCUT2D eigenvalue weighted by Gasteiger charge is -2.12. The highest BCUT2D eigenvalue weighted by atomic mass is 35.5. The van der Waals surface area contributed by atoms with Crippen LogP contribution in [0.3, 0.4) is 0 Å². The fraction of sp³-hybridized carbons (Fsp3) is 0.111. The molecular weight excluding hydrogens is 343 g/mol. The maximum absolute atomic E-state index is 14.0. The minimum Gasteiger partial charge on any atom is -0.395 e. The number of anilines is 3. The van der Waals surface area contributed by atoms with Crippen LogP contribution in [0.2, 0.25) is 5.02 Å². The molecule has 5 nitrogen and oxygen atoms in total. The average Bonchev–Trinajstić information content (AvgIpc) is 2.64. The van der Waals surface area contributed by atoms with Gasteiger partial charge in [-0.15, -0.1) is 0 Å². The maximum atomic E-state index is 14.0. The number of benzene rings is 2. The third kappa shape index (κ3) is 4.23. The van der Waals surface area contributed by atoms with E-state index in [4.69, 9.17) is 16.7 Å². The third-order valence-corrected chi connectivity index (χ3v) is 3.72. The van der Waals surface area contributed by atoms with Crippen LogP contribution in [0.4, 0.5) is 21.8 Å². The maximum Gasteiger partial charge on any atom is 0.225 e. The normalized spacial score (nSPS) is 10.5. The minimum atomic E-state index is -0.475. The average molecular weight is 359 g/mol. The van der Waals surface area contributed by atoms with Gasteiger partial charge in [0.15, 0.2) is 0 Å². The van der Waals surface area contributed by atoms with Gasteiger partial charge in [0.1, 0.15) is 11.6 Å². The number of rotatable bonds is 6. The summed E-state index contributed by atoms with van der Waals surface area (Å²) >= 11 is 6.07. The van der Waals surface area contributed by atoms with Crippen LogP contribution in [-0.2, 0) is 0 Å². The molecule has 1 heterocycles. The summed E-state index contributed by atoms with van der Waals surface area (Å²) in [5.41, 5.74) is 1.70. The molecule has 0 radical (unpaired) electrons. The molecule has 0 bridgehead atoms. The molecule has 3 aromatic rings. The van der Waals surface area contributed by atoms with Crippen molar-refractivity contribution in [1.29, 1.82) is 0 Å². The molecule has 0 aliphatic rings. The predicted octanol–water partition coefficient (Wildman–Crippen LogP) is 4.08. The molecule has 3 rings (SSSR count). The van der Waals surface area contributed by atoms with Crippen LogP contribution in [0.5, 0.6) is 0 Å². The van der Waals surface area contributed by atoms with Crippen LogP contribution in [0, 0.1) is 5.82 Å². The SMILES string of the molecule is OCCNc1nc(Nc2c(F)cccc2Cl)cc(-c2ccccc2)n1. The van der Waals surface area contributed by atoms with E-state index in [0.29, 0.717) is 24.0 Å². The number of nitrogens with zero attached hydrogens (tertiary/aromatic N) is 2. The second-order valence-corrected chi connectivity index (χ2v) is 5.61. The van der Waals surface area contributed by atoms with Crippen molar-refractivity contribution in [3.05, 3.63) is 65.4 Å². The first kappa shape index (κ1) is 17.1. The standard InChI is InChI=1S/C18H16ClFN4O/c19-13-7-4-8-14(20)17(13)23-16-11-15(12-5-2-1-3-6-12)22-18(24-16)21-9-10-25/h1-8,11,25H,9-10H2,(H2,21,22,23,24). The van der Waals surface area contributed by atoms with E-state index in [1.807, 2.05) is 30.3 Å². The Labute approximate surface area is 149 Å². The van der Waals surface area contributed by atoms with Crippen molar-refractivity contribution in [3.63, 3.8) is 0 Å². The number of aliphatic hydroxyl groups excluding tert-OH is 1. The predicted molar refractivity (Wildman–Crippen MR) is 97.7 cm³/mol. The number of nitrogens with one attached hydrogen (secondary N) is 2. The Morgan fingerprint density at radius 3 is 2.56 bits per heavy atom. The summed E-state index contributed by atoms with van der Waals surface area (Å²) in [5.74, 6) is 0.240. The fourth-order valence-corrected chi connectivity index (χ4v) is 2.47. The van der Waals surface area contributed by atoms with E-state index in [1.54, 1.807) is 12.1 Å². The molecule has 0 aliphatic carbocycles. The van der Waals surface area contributed by atoms with Crippen molar-refractivity contribution in [2.75, 3.05) is 23.8 Å². The molecule has 0 spiro atoms. The van der Waals surface area contributed by atoms with E-state index in [9.17, 15) is 4.39 Å².